The molecule has 2 atom stereocenters. The molecular formula is C19H35NO4. The second-order valence-electron chi connectivity index (χ2n) is 7.06. The normalized spacial score (nSPS) is 19.0. The van der Waals surface area contributed by atoms with Gasteiger partial charge in [-0.25, -0.2) is 0 Å². The summed E-state index contributed by atoms with van der Waals surface area (Å²) in [6, 6.07) is 0.289. The lowest BCUT2D eigenvalue weighted by atomic mass is 10.0. The molecule has 5 heteroatoms. The highest BCUT2D eigenvalue weighted by atomic mass is 16.4. The van der Waals surface area contributed by atoms with Crippen LogP contribution < -0.4 is 0 Å². The molecule has 24 heavy (non-hydrogen) atoms. The van der Waals surface area contributed by atoms with Crippen molar-refractivity contribution in [2.75, 3.05) is 6.54 Å². The monoisotopic (exact) mass is 341 g/mol. The van der Waals surface area contributed by atoms with E-state index in [2.05, 4.69) is 6.92 Å². The van der Waals surface area contributed by atoms with Crippen molar-refractivity contribution in [2.45, 2.75) is 103 Å². The van der Waals surface area contributed by atoms with E-state index in [-0.39, 0.29) is 24.5 Å². The minimum Gasteiger partial charge on any atom is -0.481 e. The van der Waals surface area contributed by atoms with Crippen LogP contribution in [0.4, 0.5) is 0 Å². The molecule has 1 aliphatic rings. The Morgan fingerprint density at radius 2 is 1.92 bits per heavy atom. The van der Waals surface area contributed by atoms with Gasteiger partial charge in [-0.15, -0.1) is 0 Å². The van der Waals surface area contributed by atoms with Gasteiger partial charge < -0.3 is 15.1 Å². The third-order valence-corrected chi connectivity index (χ3v) is 4.97. The minimum atomic E-state index is -0.734. The number of likely N-dealkylation sites (tertiary alicyclic amines) is 1. The van der Waals surface area contributed by atoms with Crippen LogP contribution in [-0.2, 0) is 9.59 Å². The fourth-order valence-electron chi connectivity index (χ4n) is 3.47. The van der Waals surface area contributed by atoms with Gasteiger partial charge in [-0.3, -0.25) is 9.59 Å². The van der Waals surface area contributed by atoms with E-state index in [1.54, 1.807) is 0 Å². The molecule has 1 amide bonds. The van der Waals surface area contributed by atoms with E-state index in [9.17, 15) is 14.7 Å². The number of nitrogens with zero attached hydrogens (tertiary/aromatic N) is 1. The quantitative estimate of drug-likeness (QED) is 0.472. The number of aliphatic hydroxyl groups is 1. The number of carbonyl (C=O) groups excluding carboxylic acids is 1. The van der Waals surface area contributed by atoms with E-state index in [1.807, 2.05) is 4.90 Å². The lowest BCUT2D eigenvalue weighted by Gasteiger charge is -2.25. The maximum atomic E-state index is 12.0. The number of hydrogen-bond acceptors (Lipinski definition) is 3. The number of aliphatic hydroxyl groups excluding tert-OH is 1. The zero-order valence-electron chi connectivity index (χ0n) is 15.2. The number of rotatable bonds is 14. The lowest BCUT2D eigenvalue weighted by Crippen LogP contribution is -2.34. The van der Waals surface area contributed by atoms with Crippen molar-refractivity contribution >= 4 is 11.9 Å². The van der Waals surface area contributed by atoms with Gasteiger partial charge in [0.1, 0.15) is 0 Å². The third kappa shape index (κ3) is 8.67. The highest BCUT2D eigenvalue weighted by Gasteiger charge is 2.30. The van der Waals surface area contributed by atoms with Crippen molar-refractivity contribution in [3.8, 4) is 0 Å². The number of unbranched alkanes of at least 4 members (excludes halogenated alkanes) is 5. The first-order valence-corrected chi connectivity index (χ1v) is 9.74. The molecule has 1 rings (SSSR count). The van der Waals surface area contributed by atoms with E-state index in [1.165, 1.54) is 12.8 Å². The molecule has 0 saturated carbocycles. The maximum absolute atomic E-state index is 12.0. The summed E-state index contributed by atoms with van der Waals surface area (Å²) in [6.45, 7) is 2.94. The first-order valence-electron chi connectivity index (χ1n) is 9.74. The highest BCUT2D eigenvalue weighted by molar-refractivity contribution is 5.78. The molecule has 2 N–H and O–H groups in total. The Balaban J connectivity index is 2.19. The van der Waals surface area contributed by atoms with E-state index in [0.717, 1.165) is 64.3 Å². The average Bonchev–Trinajstić information content (AvgIpc) is 2.89. The van der Waals surface area contributed by atoms with Crippen LogP contribution in [0.25, 0.3) is 0 Å². The zero-order chi connectivity index (χ0) is 17.8. The molecule has 0 bridgehead atoms. The van der Waals surface area contributed by atoms with E-state index >= 15 is 0 Å². The standard InChI is InChI=1S/C19H35NO4/c1-2-3-6-9-17(21)13-11-16-12-14-18(22)20(16)15-8-5-4-7-10-19(23)24/h16-17,21H,2-15H2,1H3,(H,23,24)/t16-,17-/m0/s1. The molecule has 1 heterocycles. The number of carboxylic acid groups (broad SMARTS) is 1. The Bertz CT molecular complexity index is 372. The largest absolute Gasteiger partial charge is 0.481 e. The van der Waals surface area contributed by atoms with Gasteiger partial charge in [0, 0.05) is 25.4 Å². The third-order valence-electron chi connectivity index (χ3n) is 4.97. The van der Waals surface area contributed by atoms with Crippen LogP contribution in [0.2, 0.25) is 0 Å². The number of carboxylic acids is 1. The minimum absolute atomic E-state index is 0.231. The Kier molecular flexibility index (Phi) is 10.7. The van der Waals surface area contributed by atoms with Crippen molar-refractivity contribution in [1.82, 2.24) is 4.90 Å². The van der Waals surface area contributed by atoms with Crippen molar-refractivity contribution in [3.05, 3.63) is 0 Å². The fourth-order valence-corrected chi connectivity index (χ4v) is 3.47. The number of aliphatic carboxylic acids is 1. The van der Waals surface area contributed by atoms with Gasteiger partial charge in [-0.05, 0) is 38.5 Å². The number of carbonyl (C=O) groups is 2. The van der Waals surface area contributed by atoms with Crippen LogP contribution in [-0.4, -0.2) is 45.7 Å². The van der Waals surface area contributed by atoms with Crippen molar-refractivity contribution in [1.29, 1.82) is 0 Å². The van der Waals surface area contributed by atoms with E-state index in [4.69, 9.17) is 5.11 Å². The zero-order valence-corrected chi connectivity index (χ0v) is 15.2. The Hall–Kier alpha value is -1.10. The molecule has 1 saturated heterocycles. The van der Waals surface area contributed by atoms with Gasteiger partial charge in [-0.2, -0.15) is 0 Å². The molecule has 1 fully saturated rings. The molecular weight excluding hydrogens is 306 g/mol. The van der Waals surface area contributed by atoms with Crippen molar-refractivity contribution in [2.24, 2.45) is 0 Å². The number of hydrogen-bond donors (Lipinski definition) is 2. The summed E-state index contributed by atoms with van der Waals surface area (Å²) < 4.78 is 0. The first-order chi connectivity index (χ1) is 11.5. The predicted octanol–water partition coefficient (Wildman–Crippen LogP) is 3.73. The van der Waals surface area contributed by atoms with E-state index in [0.29, 0.717) is 6.42 Å². The summed E-state index contributed by atoms with van der Waals surface area (Å²) in [4.78, 5) is 24.5. The molecule has 0 spiro atoms. The van der Waals surface area contributed by atoms with Crippen LogP contribution >= 0.6 is 0 Å². The molecule has 0 aromatic carbocycles. The van der Waals surface area contributed by atoms with Gasteiger partial charge in [0.2, 0.25) is 5.91 Å². The van der Waals surface area contributed by atoms with Crippen LogP contribution in [0, 0.1) is 0 Å². The molecule has 1 aliphatic heterocycles. The van der Waals surface area contributed by atoms with Gasteiger partial charge in [-0.1, -0.05) is 39.0 Å². The molecule has 0 unspecified atom stereocenters. The molecule has 5 nitrogen and oxygen atoms in total. The number of amides is 1. The second kappa shape index (κ2) is 12.3. The van der Waals surface area contributed by atoms with Crippen LogP contribution in [0.15, 0.2) is 0 Å². The van der Waals surface area contributed by atoms with Crippen molar-refractivity contribution in [3.63, 3.8) is 0 Å². The van der Waals surface area contributed by atoms with Gasteiger partial charge in [0.05, 0.1) is 6.10 Å². The summed E-state index contributed by atoms with van der Waals surface area (Å²) in [6.07, 6.45) is 11.1. The van der Waals surface area contributed by atoms with Gasteiger partial charge in [0.15, 0.2) is 0 Å². The van der Waals surface area contributed by atoms with Gasteiger partial charge in [0.25, 0.3) is 0 Å². The SMILES string of the molecule is CCCCC[C@H](O)CC[C@H]1CCC(=O)N1CCCCCCC(=O)O. The average molecular weight is 341 g/mol. The summed E-state index contributed by atoms with van der Waals surface area (Å²) in [7, 11) is 0. The summed E-state index contributed by atoms with van der Waals surface area (Å²) in [5.74, 6) is -0.492. The van der Waals surface area contributed by atoms with E-state index < -0.39 is 5.97 Å². The fraction of sp³-hybridized carbons (Fsp3) is 0.895. The summed E-state index contributed by atoms with van der Waals surface area (Å²) >= 11 is 0. The summed E-state index contributed by atoms with van der Waals surface area (Å²) in [5, 5.41) is 18.7. The molecule has 0 aliphatic carbocycles. The highest BCUT2D eigenvalue weighted by Crippen LogP contribution is 2.24. The smallest absolute Gasteiger partial charge is 0.303 e. The topological polar surface area (TPSA) is 77.8 Å². The molecule has 0 radical (unpaired) electrons. The maximum Gasteiger partial charge on any atom is 0.303 e. The Morgan fingerprint density at radius 3 is 2.62 bits per heavy atom. The second-order valence-corrected chi connectivity index (χ2v) is 7.06. The molecule has 0 aromatic heterocycles. The van der Waals surface area contributed by atoms with Crippen LogP contribution in [0.1, 0.15) is 90.4 Å². The Labute approximate surface area is 146 Å². The predicted molar refractivity (Wildman–Crippen MR) is 94.8 cm³/mol. The first kappa shape index (κ1) is 20.9. The van der Waals surface area contributed by atoms with Crippen LogP contribution in [0.3, 0.4) is 0 Å². The van der Waals surface area contributed by atoms with Gasteiger partial charge >= 0.3 is 5.97 Å². The molecule has 140 valence electrons. The molecule has 0 aromatic rings. The Morgan fingerprint density at radius 1 is 1.17 bits per heavy atom. The van der Waals surface area contributed by atoms with Crippen LogP contribution in [0.5, 0.6) is 0 Å². The van der Waals surface area contributed by atoms with Crippen molar-refractivity contribution < 1.29 is 19.8 Å². The summed E-state index contributed by atoms with van der Waals surface area (Å²) in [5.41, 5.74) is 0. The lowest BCUT2D eigenvalue weighted by molar-refractivity contribution is -0.137.